The van der Waals surface area contributed by atoms with Gasteiger partial charge in [-0.05, 0) is 0 Å². The zero-order valence-electron chi connectivity index (χ0n) is 4.75. The van der Waals surface area contributed by atoms with E-state index in [9.17, 15) is 0 Å². The Labute approximate surface area is 49.1 Å². The lowest BCUT2D eigenvalue weighted by Gasteiger charge is -1.96. The molecular formula is C6H10N2. The first-order valence-electron chi connectivity index (χ1n) is 2.80. The van der Waals surface area contributed by atoms with Crippen molar-refractivity contribution in [1.82, 2.24) is 0 Å². The minimum atomic E-state index is 0.147. The molecule has 1 heterocycles. The van der Waals surface area contributed by atoms with E-state index in [1.165, 1.54) is 0 Å². The van der Waals surface area contributed by atoms with Crippen molar-refractivity contribution in [3.05, 3.63) is 12.2 Å². The van der Waals surface area contributed by atoms with Crippen molar-refractivity contribution in [2.24, 2.45) is 10.7 Å². The summed E-state index contributed by atoms with van der Waals surface area (Å²) in [6.45, 7) is 0.747. The number of nitrogens with two attached hydrogens (primary N) is 1. The van der Waals surface area contributed by atoms with Gasteiger partial charge in [-0.3, -0.25) is 4.99 Å². The van der Waals surface area contributed by atoms with Crippen LogP contribution in [0, 0.1) is 0 Å². The van der Waals surface area contributed by atoms with Gasteiger partial charge in [0.25, 0.3) is 0 Å². The average molecular weight is 110 g/mol. The number of hydrogen-bond acceptors (Lipinski definition) is 2. The SMILES string of the molecule is NC1C=CCC=NC1. The normalized spacial score (nSPS) is 27.9. The van der Waals surface area contributed by atoms with Crippen molar-refractivity contribution in [2.45, 2.75) is 12.5 Å². The average Bonchev–Trinajstić information content (AvgIpc) is 1.94. The van der Waals surface area contributed by atoms with Crippen molar-refractivity contribution in [3.63, 3.8) is 0 Å². The highest BCUT2D eigenvalue weighted by atomic mass is 14.8. The Morgan fingerprint density at radius 1 is 1.62 bits per heavy atom. The second kappa shape index (κ2) is 2.62. The van der Waals surface area contributed by atoms with E-state index in [1.807, 2.05) is 18.4 Å². The fourth-order valence-corrected chi connectivity index (χ4v) is 0.646. The molecule has 2 N–H and O–H groups in total. The first-order valence-corrected chi connectivity index (χ1v) is 2.80. The number of nitrogens with zero attached hydrogens (tertiary/aromatic N) is 1. The second-order valence-electron chi connectivity index (χ2n) is 1.88. The molecule has 1 aliphatic heterocycles. The molecule has 0 saturated heterocycles. The van der Waals surface area contributed by atoms with Gasteiger partial charge in [0.15, 0.2) is 0 Å². The molecule has 0 amide bonds. The maximum atomic E-state index is 5.53. The molecular weight excluding hydrogens is 100 g/mol. The Morgan fingerprint density at radius 3 is 3.38 bits per heavy atom. The molecule has 1 rings (SSSR count). The van der Waals surface area contributed by atoms with Crippen LogP contribution in [0.25, 0.3) is 0 Å². The van der Waals surface area contributed by atoms with Gasteiger partial charge < -0.3 is 5.73 Å². The van der Waals surface area contributed by atoms with E-state index in [0.717, 1.165) is 13.0 Å². The lowest BCUT2D eigenvalue weighted by atomic mass is 10.3. The molecule has 0 spiro atoms. The van der Waals surface area contributed by atoms with E-state index >= 15 is 0 Å². The maximum absolute atomic E-state index is 5.53. The van der Waals surface area contributed by atoms with Gasteiger partial charge in [-0.2, -0.15) is 0 Å². The molecule has 1 unspecified atom stereocenters. The summed E-state index contributed by atoms with van der Waals surface area (Å²) >= 11 is 0. The molecule has 0 bridgehead atoms. The molecule has 0 aliphatic carbocycles. The predicted molar refractivity (Wildman–Crippen MR) is 35.1 cm³/mol. The highest BCUT2D eigenvalue weighted by molar-refractivity contribution is 5.60. The monoisotopic (exact) mass is 110 g/mol. The number of aliphatic imine (C=N–C) groups is 1. The standard InChI is InChI=1S/C6H10N2/c7-6-3-1-2-4-8-5-6/h1,3-4,6H,2,5,7H2. The first-order chi connectivity index (χ1) is 3.89. The molecule has 0 aromatic rings. The third-order valence-electron chi connectivity index (χ3n) is 1.07. The lowest BCUT2D eigenvalue weighted by Crippen LogP contribution is -2.19. The van der Waals surface area contributed by atoms with Gasteiger partial charge in [-0.1, -0.05) is 12.2 Å². The summed E-state index contributed by atoms with van der Waals surface area (Å²) in [5.41, 5.74) is 5.53. The van der Waals surface area contributed by atoms with Crippen molar-refractivity contribution in [3.8, 4) is 0 Å². The van der Waals surface area contributed by atoms with E-state index < -0.39 is 0 Å². The Kier molecular flexibility index (Phi) is 1.80. The third kappa shape index (κ3) is 1.46. The summed E-state index contributed by atoms with van der Waals surface area (Å²) in [4.78, 5) is 4.04. The summed E-state index contributed by atoms with van der Waals surface area (Å²) in [5.74, 6) is 0. The topological polar surface area (TPSA) is 38.4 Å². The molecule has 1 atom stereocenters. The van der Waals surface area contributed by atoms with Crippen LogP contribution in [0.2, 0.25) is 0 Å². The van der Waals surface area contributed by atoms with Gasteiger partial charge in [0, 0.05) is 18.7 Å². The van der Waals surface area contributed by atoms with Crippen LogP contribution in [0.5, 0.6) is 0 Å². The summed E-state index contributed by atoms with van der Waals surface area (Å²) in [6.07, 6.45) is 6.87. The van der Waals surface area contributed by atoms with Gasteiger partial charge in [-0.15, -0.1) is 0 Å². The summed E-state index contributed by atoms with van der Waals surface area (Å²) in [6, 6.07) is 0.147. The van der Waals surface area contributed by atoms with E-state index in [0.29, 0.717) is 0 Å². The smallest absolute Gasteiger partial charge is 0.0572 e. The Hall–Kier alpha value is -0.630. The summed E-state index contributed by atoms with van der Waals surface area (Å²) < 4.78 is 0. The number of allylic oxidation sites excluding steroid dienone is 1. The molecule has 8 heavy (non-hydrogen) atoms. The van der Waals surface area contributed by atoms with Gasteiger partial charge in [0.05, 0.1) is 6.54 Å². The number of rotatable bonds is 0. The summed E-state index contributed by atoms with van der Waals surface area (Å²) in [5, 5.41) is 0. The molecule has 0 saturated carbocycles. The molecule has 2 nitrogen and oxygen atoms in total. The van der Waals surface area contributed by atoms with Crippen molar-refractivity contribution < 1.29 is 0 Å². The highest BCUT2D eigenvalue weighted by Crippen LogP contribution is 1.90. The van der Waals surface area contributed by atoms with Crippen LogP contribution < -0.4 is 5.73 Å². The minimum Gasteiger partial charge on any atom is -0.323 e. The van der Waals surface area contributed by atoms with Gasteiger partial charge >= 0.3 is 0 Å². The predicted octanol–water partition coefficient (Wildman–Crippen LogP) is 0.344. The fraction of sp³-hybridized carbons (Fsp3) is 0.500. The maximum Gasteiger partial charge on any atom is 0.0572 e. The minimum absolute atomic E-state index is 0.147. The first kappa shape index (κ1) is 5.51. The van der Waals surface area contributed by atoms with Gasteiger partial charge in [0.2, 0.25) is 0 Å². The van der Waals surface area contributed by atoms with Crippen LogP contribution in [-0.4, -0.2) is 18.8 Å². The number of hydrogen-bond donors (Lipinski definition) is 1. The fourth-order valence-electron chi connectivity index (χ4n) is 0.646. The van der Waals surface area contributed by atoms with E-state index in [2.05, 4.69) is 4.99 Å². The Bertz CT molecular complexity index is 116. The molecule has 44 valence electrons. The quantitative estimate of drug-likeness (QED) is 0.449. The Balaban J connectivity index is 2.48. The highest BCUT2D eigenvalue weighted by Gasteiger charge is 1.94. The van der Waals surface area contributed by atoms with Crippen molar-refractivity contribution in [1.29, 1.82) is 0 Å². The van der Waals surface area contributed by atoms with Crippen LogP contribution in [0.3, 0.4) is 0 Å². The molecule has 0 aromatic carbocycles. The van der Waals surface area contributed by atoms with Crippen LogP contribution in [0.4, 0.5) is 0 Å². The van der Waals surface area contributed by atoms with E-state index in [-0.39, 0.29) is 6.04 Å². The van der Waals surface area contributed by atoms with E-state index in [1.54, 1.807) is 0 Å². The molecule has 0 fully saturated rings. The van der Waals surface area contributed by atoms with Crippen molar-refractivity contribution >= 4 is 6.21 Å². The molecule has 2 heteroatoms. The largest absolute Gasteiger partial charge is 0.323 e. The Morgan fingerprint density at radius 2 is 2.50 bits per heavy atom. The van der Waals surface area contributed by atoms with Crippen molar-refractivity contribution in [2.75, 3.05) is 6.54 Å². The third-order valence-corrected chi connectivity index (χ3v) is 1.07. The van der Waals surface area contributed by atoms with Crippen LogP contribution >= 0.6 is 0 Å². The van der Waals surface area contributed by atoms with Gasteiger partial charge in [0.1, 0.15) is 0 Å². The van der Waals surface area contributed by atoms with Crippen LogP contribution in [-0.2, 0) is 0 Å². The molecule has 1 aliphatic rings. The van der Waals surface area contributed by atoms with E-state index in [4.69, 9.17) is 5.73 Å². The zero-order valence-corrected chi connectivity index (χ0v) is 4.75. The zero-order chi connectivity index (χ0) is 5.82. The van der Waals surface area contributed by atoms with Gasteiger partial charge in [-0.25, -0.2) is 0 Å². The summed E-state index contributed by atoms with van der Waals surface area (Å²) in [7, 11) is 0. The molecule has 0 aromatic heterocycles. The lowest BCUT2D eigenvalue weighted by molar-refractivity contribution is 0.831. The molecule has 0 radical (unpaired) electrons. The van der Waals surface area contributed by atoms with Crippen LogP contribution in [0.15, 0.2) is 17.1 Å². The second-order valence-corrected chi connectivity index (χ2v) is 1.88. The van der Waals surface area contributed by atoms with Crippen LogP contribution in [0.1, 0.15) is 6.42 Å².